The van der Waals surface area contributed by atoms with Crippen LogP contribution < -0.4 is 21.3 Å². The highest BCUT2D eigenvalue weighted by atomic mass is 32.1. The molecule has 392 valence electrons. The normalized spacial score (nSPS) is 17.8. The van der Waals surface area contributed by atoms with Crippen LogP contribution in [0, 0.1) is 23.7 Å². The molecule has 1 aromatic carbocycles. The molecule has 0 spiro atoms. The topological polar surface area (TPSA) is 214 Å². The number of likely N-dealkylation sites (tertiary alicyclic amines) is 1. The lowest BCUT2D eigenvalue weighted by Crippen LogP contribution is -2.59. The van der Waals surface area contributed by atoms with Gasteiger partial charge in [-0.3, -0.25) is 33.7 Å². The molecule has 1 aromatic rings. The minimum atomic E-state index is -0.950. The smallest absolute Gasteiger partial charge is 0.328 e. The number of thiol groups is 1. The van der Waals surface area contributed by atoms with Crippen molar-refractivity contribution in [3.05, 3.63) is 35.9 Å². The standard InChI is InChI=1S/C50H85N7O11S/c1-14-33(6)44(56(11)49(63)42(31(2)3)54-48(62)43(32(4)5)55(9)10)39(65-12)30-41(59)57-24-18-21-38(57)45(66-13)34(7)46(60)53-37(29-36-19-16-15-17-20-36)47(61)51-23-25-67-26-27-68-50(64)35(8)52-40(58)22-28-69/h15-17,19-20,31-35,37-39,42-45,69H,14,18,21-30H2,1-13H3,(H,51,61)(H,52,58)(H,53,60)(H,54,62)/t33-,34+,35-,37-,38-,39+,42-,43-,44?,45+/m0/s1. The molecule has 1 unspecified atom stereocenters. The van der Waals surface area contributed by atoms with Crippen LogP contribution in [0.25, 0.3) is 0 Å². The Hall–Kier alpha value is -4.30. The van der Waals surface area contributed by atoms with E-state index >= 15 is 0 Å². The summed E-state index contributed by atoms with van der Waals surface area (Å²) in [7, 11) is 8.45. The lowest BCUT2D eigenvalue weighted by Gasteiger charge is -2.41. The molecule has 4 N–H and O–H groups in total. The first-order chi connectivity index (χ1) is 32.6. The number of amides is 6. The molecule has 6 amide bonds. The van der Waals surface area contributed by atoms with Gasteiger partial charge in [-0.15, -0.1) is 0 Å². The number of nitrogens with one attached hydrogen (secondary N) is 4. The summed E-state index contributed by atoms with van der Waals surface area (Å²) in [5.74, 6) is -3.11. The van der Waals surface area contributed by atoms with Gasteiger partial charge in [0.25, 0.3) is 0 Å². The summed E-state index contributed by atoms with van der Waals surface area (Å²) in [6.45, 7) is 15.7. The third-order valence-corrected chi connectivity index (χ3v) is 13.2. The van der Waals surface area contributed by atoms with E-state index in [1.54, 1.807) is 23.8 Å². The minimum Gasteiger partial charge on any atom is -0.462 e. The zero-order chi connectivity index (χ0) is 52.0. The van der Waals surface area contributed by atoms with Crippen molar-refractivity contribution in [1.29, 1.82) is 0 Å². The van der Waals surface area contributed by atoms with Crippen LogP contribution in [0.4, 0.5) is 0 Å². The molecule has 2 rings (SSSR count). The number of methoxy groups -OCH3 is 2. The highest BCUT2D eigenvalue weighted by molar-refractivity contribution is 7.80. The van der Waals surface area contributed by atoms with Gasteiger partial charge in [-0.25, -0.2) is 4.79 Å². The average molecular weight is 992 g/mol. The van der Waals surface area contributed by atoms with E-state index in [0.29, 0.717) is 31.6 Å². The number of likely N-dealkylation sites (N-methyl/N-ethyl adjacent to an activating group) is 2. The minimum absolute atomic E-state index is 0.0173. The molecule has 0 radical (unpaired) electrons. The Morgan fingerprint density at radius 3 is 2.06 bits per heavy atom. The van der Waals surface area contributed by atoms with Crippen molar-refractivity contribution in [3.8, 4) is 0 Å². The van der Waals surface area contributed by atoms with Crippen LogP contribution in [0.5, 0.6) is 0 Å². The summed E-state index contributed by atoms with van der Waals surface area (Å²) in [6.07, 6.45) is 0.941. The first-order valence-corrected chi connectivity index (χ1v) is 25.1. The number of esters is 1. The third kappa shape index (κ3) is 19.1. The van der Waals surface area contributed by atoms with Crippen LogP contribution in [-0.2, 0) is 58.9 Å². The van der Waals surface area contributed by atoms with E-state index in [4.69, 9.17) is 18.9 Å². The molecule has 10 atom stereocenters. The molecule has 1 aliphatic heterocycles. The molecule has 0 bridgehead atoms. The Labute approximate surface area is 417 Å². The molecule has 1 heterocycles. The number of ether oxygens (including phenoxy) is 4. The monoisotopic (exact) mass is 992 g/mol. The van der Waals surface area contributed by atoms with E-state index in [0.717, 1.165) is 5.56 Å². The maximum atomic E-state index is 14.4. The predicted octanol–water partition coefficient (Wildman–Crippen LogP) is 2.86. The van der Waals surface area contributed by atoms with Crippen molar-refractivity contribution in [2.24, 2.45) is 23.7 Å². The number of hydrogen-bond donors (Lipinski definition) is 5. The summed E-state index contributed by atoms with van der Waals surface area (Å²) >= 11 is 4.01. The molecule has 1 aliphatic rings. The molecule has 0 saturated carbocycles. The fraction of sp³-hybridized carbons (Fsp3) is 0.740. The molecule has 19 heteroatoms. The summed E-state index contributed by atoms with van der Waals surface area (Å²) in [4.78, 5) is 99.2. The Bertz CT molecular complexity index is 1770. The van der Waals surface area contributed by atoms with Gasteiger partial charge < -0.3 is 50.0 Å². The van der Waals surface area contributed by atoms with Crippen molar-refractivity contribution >= 4 is 54.0 Å². The Kier molecular flexibility index (Phi) is 27.4. The van der Waals surface area contributed by atoms with Gasteiger partial charge in [0.15, 0.2) is 0 Å². The maximum Gasteiger partial charge on any atom is 0.328 e. The van der Waals surface area contributed by atoms with Crippen LogP contribution in [0.2, 0.25) is 0 Å². The van der Waals surface area contributed by atoms with E-state index < -0.39 is 72.2 Å². The summed E-state index contributed by atoms with van der Waals surface area (Å²) < 4.78 is 22.8. The number of carbonyl (C=O) groups excluding carboxylic acids is 7. The molecule has 18 nitrogen and oxygen atoms in total. The molecule has 69 heavy (non-hydrogen) atoms. The van der Waals surface area contributed by atoms with Crippen molar-refractivity contribution in [3.63, 3.8) is 0 Å². The van der Waals surface area contributed by atoms with Gasteiger partial charge in [-0.1, -0.05) is 85.2 Å². The Balaban J connectivity index is 2.17. The maximum absolute atomic E-state index is 14.4. The number of nitrogens with zero attached hydrogens (tertiary/aromatic N) is 3. The van der Waals surface area contributed by atoms with Crippen molar-refractivity contribution in [1.82, 2.24) is 36.0 Å². The lowest BCUT2D eigenvalue weighted by molar-refractivity contribution is -0.148. The van der Waals surface area contributed by atoms with Crippen LogP contribution in [0.1, 0.15) is 93.1 Å². The van der Waals surface area contributed by atoms with E-state index in [1.807, 2.05) is 90.9 Å². The van der Waals surface area contributed by atoms with Gasteiger partial charge in [0.1, 0.15) is 24.7 Å². The summed E-state index contributed by atoms with van der Waals surface area (Å²) in [5.41, 5.74) is 0.833. The molecule has 1 fully saturated rings. The molecule has 0 aliphatic carbocycles. The van der Waals surface area contributed by atoms with Crippen LogP contribution in [-0.4, -0.2) is 179 Å². The third-order valence-electron chi connectivity index (χ3n) is 12.9. The second kappa shape index (κ2) is 31.1. The predicted molar refractivity (Wildman–Crippen MR) is 268 cm³/mol. The van der Waals surface area contributed by atoms with Gasteiger partial charge in [0.05, 0.1) is 55.9 Å². The van der Waals surface area contributed by atoms with Gasteiger partial charge >= 0.3 is 5.97 Å². The fourth-order valence-corrected chi connectivity index (χ4v) is 9.25. The highest BCUT2D eigenvalue weighted by Crippen LogP contribution is 2.30. The quantitative estimate of drug-likeness (QED) is 0.0413. The Morgan fingerprint density at radius 2 is 1.49 bits per heavy atom. The molecule has 0 aromatic heterocycles. The lowest BCUT2D eigenvalue weighted by atomic mass is 9.89. The van der Waals surface area contributed by atoms with Crippen LogP contribution in [0.3, 0.4) is 0 Å². The van der Waals surface area contributed by atoms with E-state index in [1.165, 1.54) is 21.1 Å². The molecular weight excluding hydrogens is 907 g/mol. The number of hydrogen-bond acceptors (Lipinski definition) is 13. The first kappa shape index (κ1) is 60.8. The zero-order valence-electron chi connectivity index (χ0n) is 43.6. The van der Waals surface area contributed by atoms with Crippen molar-refractivity contribution in [2.45, 2.75) is 142 Å². The highest BCUT2D eigenvalue weighted by Gasteiger charge is 2.43. The van der Waals surface area contributed by atoms with Crippen LogP contribution in [0.15, 0.2) is 30.3 Å². The van der Waals surface area contributed by atoms with Gasteiger partial charge in [-0.05, 0) is 62.9 Å². The summed E-state index contributed by atoms with van der Waals surface area (Å²) in [6, 6.07) is 5.36. The summed E-state index contributed by atoms with van der Waals surface area (Å²) in [5, 5.41) is 11.3. The average Bonchev–Trinajstić information content (AvgIpc) is 3.79. The number of carbonyl (C=O) groups is 7. The largest absolute Gasteiger partial charge is 0.462 e. The van der Waals surface area contributed by atoms with Gasteiger partial charge in [0, 0.05) is 47.2 Å². The van der Waals surface area contributed by atoms with E-state index in [9.17, 15) is 33.6 Å². The first-order valence-electron chi connectivity index (χ1n) is 24.5. The second-order valence-corrected chi connectivity index (χ2v) is 19.5. The van der Waals surface area contributed by atoms with Crippen molar-refractivity contribution < 1.29 is 52.5 Å². The van der Waals surface area contributed by atoms with Gasteiger partial charge in [0.2, 0.25) is 35.4 Å². The SMILES string of the molecule is CC[C@H](C)C([C@@H](CC(=O)N1CCC[C@H]1[C@H](OC)[C@@H](C)C(=O)N[C@@H](Cc1ccccc1)C(=O)NCCOCCOC(=O)[C@H](C)NC(=O)CCS)OC)N(C)C(=O)[C@@H](NC(=O)[C@H](C(C)C)N(C)C)C(C)C. The van der Waals surface area contributed by atoms with Crippen molar-refractivity contribution in [2.75, 3.05) is 74.0 Å². The van der Waals surface area contributed by atoms with Crippen LogP contribution >= 0.6 is 12.6 Å². The molecule has 1 saturated heterocycles. The number of benzene rings is 1. The second-order valence-electron chi connectivity index (χ2n) is 19.1. The van der Waals surface area contributed by atoms with Gasteiger partial charge in [-0.2, -0.15) is 12.6 Å². The van der Waals surface area contributed by atoms with E-state index in [-0.39, 0.29) is 87.0 Å². The zero-order valence-corrected chi connectivity index (χ0v) is 44.5. The van der Waals surface area contributed by atoms with E-state index in [2.05, 4.69) is 33.9 Å². The molecular formula is C50H85N7O11S. The fourth-order valence-electron chi connectivity index (χ4n) is 9.05. The number of rotatable bonds is 31. The Morgan fingerprint density at radius 1 is 0.826 bits per heavy atom.